The number of aliphatic hydroxyl groups excluding tert-OH is 1. The van der Waals surface area contributed by atoms with Crippen molar-refractivity contribution in [3.8, 4) is 0 Å². The fourth-order valence-electron chi connectivity index (χ4n) is 2.83. The van der Waals surface area contributed by atoms with Crippen LogP contribution in [0.4, 0.5) is 0 Å². The van der Waals surface area contributed by atoms with Gasteiger partial charge in [-0.25, -0.2) is 0 Å². The summed E-state index contributed by atoms with van der Waals surface area (Å²) in [6, 6.07) is 8.08. The van der Waals surface area contributed by atoms with Gasteiger partial charge >= 0.3 is 0 Å². The standard InChI is InChI=1S/C17H27NO2S/c1-18-11-8-16(19)14-6-5-7-15(12-14)21-13-17(20)9-3-2-4-10-17/h5-7,12,16,18-20H,2-4,8-11,13H2,1H3. The third-order valence-electron chi connectivity index (χ3n) is 4.20. The highest BCUT2D eigenvalue weighted by Gasteiger charge is 2.29. The van der Waals surface area contributed by atoms with E-state index in [2.05, 4.69) is 17.4 Å². The van der Waals surface area contributed by atoms with Crippen LogP contribution >= 0.6 is 11.8 Å². The second-order valence-electron chi connectivity index (χ2n) is 6.05. The first-order chi connectivity index (χ1) is 10.1. The number of benzene rings is 1. The molecule has 1 aliphatic carbocycles. The van der Waals surface area contributed by atoms with Crippen LogP contribution in [0.2, 0.25) is 0 Å². The number of hydrogen-bond acceptors (Lipinski definition) is 4. The van der Waals surface area contributed by atoms with Crippen LogP contribution in [-0.4, -0.2) is 35.2 Å². The predicted octanol–water partition coefficient (Wildman–Crippen LogP) is 3.12. The molecule has 3 N–H and O–H groups in total. The van der Waals surface area contributed by atoms with Gasteiger partial charge in [0.25, 0.3) is 0 Å². The van der Waals surface area contributed by atoms with E-state index in [0.717, 1.165) is 48.4 Å². The van der Waals surface area contributed by atoms with Gasteiger partial charge in [-0.3, -0.25) is 0 Å². The Labute approximate surface area is 132 Å². The summed E-state index contributed by atoms with van der Waals surface area (Å²) in [5.74, 6) is 0.753. The monoisotopic (exact) mass is 309 g/mol. The molecule has 1 atom stereocenters. The van der Waals surface area contributed by atoms with Crippen LogP contribution in [0.15, 0.2) is 29.2 Å². The molecule has 0 amide bonds. The normalized spacial score (nSPS) is 19.4. The van der Waals surface area contributed by atoms with Crippen molar-refractivity contribution in [1.29, 1.82) is 0 Å². The average Bonchev–Trinajstić information content (AvgIpc) is 2.52. The van der Waals surface area contributed by atoms with E-state index in [0.29, 0.717) is 6.42 Å². The molecule has 1 saturated carbocycles. The first-order valence-corrected chi connectivity index (χ1v) is 8.89. The molecule has 0 spiro atoms. The molecule has 0 bridgehead atoms. The Morgan fingerprint density at radius 1 is 1.29 bits per heavy atom. The Hall–Kier alpha value is -0.550. The number of nitrogens with one attached hydrogen (secondary N) is 1. The summed E-state index contributed by atoms with van der Waals surface area (Å²) >= 11 is 1.70. The van der Waals surface area contributed by atoms with Gasteiger partial charge in [0.1, 0.15) is 0 Å². The second kappa shape index (κ2) is 8.18. The summed E-state index contributed by atoms with van der Waals surface area (Å²) in [6.07, 6.45) is 5.67. The fraction of sp³-hybridized carbons (Fsp3) is 0.647. The molecule has 1 aromatic carbocycles. The van der Waals surface area contributed by atoms with Crippen molar-refractivity contribution in [3.63, 3.8) is 0 Å². The zero-order chi connectivity index (χ0) is 15.1. The van der Waals surface area contributed by atoms with E-state index < -0.39 is 11.7 Å². The van der Waals surface area contributed by atoms with E-state index in [-0.39, 0.29) is 0 Å². The summed E-state index contributed by atoms with van der Waals surface area (Å²) in [5.41, 5.74) is 0.467. The van der Waals surface area contributed by atoms with Gasteiger partial charge in [0.05, 0.1) is 11.7 Å². The van der Waals surface area contributed by atoms with Gasteiger partial charge in [0.2, 0.25) is 0 Å². The van der Waals surface area contributed by atoms with Crippen molar-refractivity contribution >= 4 is 11.8 Å². The number of rotatable bonds is 7. The molecule has 2 rings (SSSR count). The molecule has 118 valence electrons. The Morgan fingerprint density at radius 3 is 2.76 bits per heavy atom. The maximum atomic E-state index is 10.5. The van der Waals surface area contributed by atoms with Crippen LogP contribution in [0.25, 0.3) is 0 Å². The van der Waals surface area contributed by atoms with Gasteiger partial charge in [0.15, 0.2) is 0 Å². The summed E-state index contributed by atoms with van der Waals surface area (Å²) in [6.45, 7) is 0.804. The van der Waals surface area contributed by atoms with Gasteiger partial charge in [-0.2, -0.15) is 0 Å². The maximum Gasteiger partial charge on any atom is 0.0802 e. The quantitative estimate of drug-likeness (QED) is 0.677. The van der Waals surface area contributed by atoms with E-state index in [9.17, 15) is 10.2 Å². The molecule has 0 radical (unpaired) electrons. The van der Waals surface area contributed by atoms with E-state index in [4.69, 9.17) is 0 Å². The number of hydrogen-bond donors (Lipinski definition) is 3. The molecular formula is C17H27NO2S. The third-order valence-corrected chi connectivity index (χ3v) is 5.47. The van der Waals surface area contributed by atoms with Crippen molar-refractivity contribution in [3.05, 3.63) is 29.8 Å². The zero-order valence-corrected chi connectivity index (χ0v) is 13.7. The molecule has 1 unspecified atom stereocenters. The first-order valence-electron chi connectivity index (χ1n) is 7.91. The SMILES string of the molecule is CNCCC(O)c1cccc(SCC2(O)CCCCC2)c1. The van der Waals surface area contributed by atoms with Crippen LogP contribution in [0.5, 0.6) is 0 Å². The molecule has 0 aliphatic heterocycles. The molecular weight excluding hydrogens is 282 g/mol. The van der Waals surface area contributed by atoms with Crippen LogP contribution in [0.3, 0.4) is 0 Å². The van der Waals surface area contributed by atoms with Crippen molar-refractivity contribution in [2.45, 2.75) is 55.1 Å². The van der Waals surface area contributed by atoms with Crippen molar-refractivity contribution in [2.75, 3.05) is 19.3 Å². The highest BCUT2D eigenvalue weighted by atomic mass is 32.2. The van der Waals surface area contributed by atoms with Crippen molar-refractivity contribution in [1.82, 2.24) is 5.32 Å². The van der Waals surface area contributed by atoms with Gasteiger partial charge in [-0.15, -0.1) is 11.8 Å². The Balaban J connectivity index is 1.91. The molecule has 1 fully saturated rings. The summed E-state index contributed by atoms with van der Waals surface area (Å²) in [5, 5.41) is 23.8. The molecule has 0 aromatic heterocycles. The average molecular weight is 309 g/mol. The topological polar surface area (TPSA) is 52.5 Å². The van der Waals surface area contributed by atoms with Crippen molar-refractivity contribution < 1.29 is 10.2 Å². The lowest BCUT2D eigenvalue weighted by Gasteiger charge is -2.31. The van der Waals surface area contributed by atoms with Gasteiger partial charge in [-0.1, -0.05) is 31.4 Å². The molecule has 0 heterocycles. The Kier molecular flexibility index (Phi) is 6.55. The van der Waals surface area contributed by atoms with Crippen LogP contribution in [0, 0.1) is 0 Å². The van der Waals surface area contributed by atoms with Crippen molar-refractivity contribution in [2.24, 2.45) is 0 Å². The van der Waals surface area contributed by atoms with Gasteiger partial charge < -0.3 is 15.5 Å². The summed E-state index contributed by atoms with van der Waals surface area (Å²) in [4.78, 5) is 1.13. The van der Waals surface area contributed by atoms with E-state index >= 15 is 0 Å². The van der Waals surface area contributed by atoms with Gasteiger partial charge in [-0.05, 0) is 50.6 Å². The van der Waals surface area contributed by atoms with E-state index in [1.165, 1.54) is 6.42 Å². The van der Waals surface area contributed by atoms with Crippen LogP contribution < -0.4 is 5.32 Å². The van der Waals surface area contributed by atoms with Gasteiger partial charge in [0, 0.05) is 10.6 Å². The smallest absolute Gasteiger partial charge is 0.0802 e. The van der Waals surface area contributed by atoms with E-state index in [1.54, 1.807) is 11.8 Å². The fourth-order valence-corrected chi connectivity index (χ4v) is 3.95. The molecule has 21 heavy (non-hydrogen) atoms. The highest BCUT2D eigenvalue weighted by molar-refractivity contribution is 7.99. The first kappa shape index (κ1) is 16.8. The minimum absolute atomic E-state index is 0.421. The minimum Gasteiger partial charge on any atom is -0.389 e. The lowest BCUT2D eigenvalue weighted by molar-refractivity contribution is 0.0273. The van der Waals surface area contributed by atoms with Crippen LogP contribution in [0.1, 0.15) is 50.2 Å². The molecule has 0 saturated heterocycles. The molecule has 4 heteroatoms. The maximum absolute atomic E-state index is 10.5. The second-order valence-corrected chi connectivity index (χ2v) is 7.10. The lowest BCUT2D eigenvalue weighted by atomic mass is 9.86. The predicted molar refractivity (Wildman–Crippen MR) is 88.7 cm³/mol. The number of aliphatic hydroxyl groups is 2. The van der Waals surface area contributed by atoms with E-state index in [1.807, 2.05) is 19.2 Å². The largest absolute Gasteiger partial charge is 0.389 e. The summed E-state index contributed by atoms with van der Waals surface area (Å²) < 4.78 is 0. The Morgan fingerprint density at radius 2 is 2.05 bits per heavy atom. The third kappa shape index (κ3) is 5.29. The number of thioether (sulfide) groups is 1. The zero-order valence-electron chi connectivity index (χ0n) is 12.8. The molecule has 1 aromatic rings. The van der Waals surface area contributed by atoms with Crippen LogP contribution in [-0.2, 0) is 0 Å². The minimum atomic E-state index is -0.496. The summed E-state index contributed by atoms with van der Waals surface area (Å²) in [7, 11) is 1.89. The molecule has 3 nitrogen and oxygen atoms in total. The molecule has 1 aliphatic rings. The lowest BCUT2D eigenvalue weighted by Crippen LogP contribution is -2.33. The highest BCUT2D eigenvalue weighted by Crippen LogP contribution is 2.34. The Bertz CT molecular complexity index is 433.